The molecule has 1 aromatic heterocycles. The van der Waals surface area contributed by atoms with Crippen molar-refractivity contribution in [1.29, 1.82) is 0 Å². The molecule has 4 rings (SSSR count). The highest BCUT2D eigenvalue weighted by atomic mass is 16.3. The standard InChI is InChI=1S/C21H21N3O2/c25-14-16-9-6-12-24(16)20-13-18(17-10-4-5-11-19(17)23-20)21(26)22-15-7-2-1-3-8-15/h1-5,7-8,10-11,13,16,25H,6,9,12,14H2,(H,22,26). The summed E-state index contributed by atoms with van der Waals surface area (Å²) in [6.45, 7) is 0.941. The summed E-state index contributed by atoms with van der Waals surface area (Å²) in [6, 6.07) is 19.0. The van der Waals surface area contributed by atoms with Gasteiger partial charge in [0.2, 0.25) is 0 Å². The number of nitrogens with one attached hydrogen (secondary N) is 1. The summed E-state index contributed by atoms with van der Waals surface area (Å²) in [4.78, 5) is 19.8. The van der Waals surface area contributed by atoms with Gasteiger partial charge in [-0.3, -0.25) is 4.79 Å². The minimum atomic E-state index is -0.157. The van der Waals surface area contributed by atoms with Crippen molar-refractivity contribution in [3.63, 3.8) is 0 Å². The number of anilines is 2. The van der Waals surface area contributed by atoms with Crippen molar-refractivity contribution >= 4 is 28.3 Å². The lowest BCUT2D eigenvalue weighted by Gasteiger charge is -2.25. The van der Waals surface area contributed by atoms with E-state index in [4.69, 9.17) is 4.98 Å². The van der Waals surface area contributed by atoms with Gasteiger partial charge in [0.1, 0.15) is 5.82 Å². The van der Waals surface area contributed by atoms with Gasteiger partial charge < -0.3 is 15.3 Å². The SMILES string of the molecule is O=C(Nc1ccccc1)c1cc(N2CCCC2CO)nc2ccccc12. The number of carbonyl (C=O) groups excluding carboxylic acids is 1. The Morgan fingerprint density at radius 1 is 1.15 bits per heavy atom. The smallest absolute Gasteiger partial charge is 0.256 e. The van der Waals surface area contributed by atoms with Gasteiger partial charge in [0.25, 0.3) is 5.91 Å². The Morgan fingerprint density at radius 3 is 2.73 bits per heavy atom. The van der Waals surface area contributed by atoms with Crippen molar-refractivity contribution < 1.29 is 9.90 Å². The van der Waals surface area contributed by atoms with Crippen LogP contribution in [-0.2, 0) is 0 Å². The number of hydrogen-bond acceptors (Lipinski definition) is 4. The van der Waals surface area contributed by atoms with E-state index < -0.39 is 0 Å². The lowest BCUT2D eigenvalue weighted by Crippen LogP contribution is -2.33. The van der Waals surface area contributed by atoms with E-state index in [1.54, 1.807) is 0 Å². The molecule has 132 valence electrons. The number of nitrogens with zero attached hydrogens (tertiary/aromatic N) is 2. The quantitative estimate of drug-likeness (QED) is 0.759. The van der Waals surface area contributed by atoms with Gasteiger partial charge >= 0.3 is 0 Å². The molecule has 2 N–H and O–H groups in total. The molecular formula is C21H21N3O2. The van der Waals surface area contributed by atoms with Gasteiger partial charge in [0.15, 0.2) is 0 Å². The topological polar surface area (TPSA) is 65.5 Å². The predicted molar refractivity (Wildman–Crippen MR) is 104 cm³/mol. The normalized spacial score (nSPS) is 16.8. The number of aliphatic hydroxyl groups is 1. The summed E-state index contributed by atoms with van der Waals surface area (Å²) in [5.74, 6) is 0.592. The average molecular weight is 347 g/mol. The number of amides is 1. The third-order valence-corrected chi connectivity index (χ3v) is 4.86. The number of para-hydroxylation sites is 2. The Kier molecular flexibility index (Phi) is 4.54. The van der Waals surface area contributed by atoms with E-state index in [0.717, 1.165) is 41.8 Å². The second-order valence-corrected chi connectivity index (χ2v) is 6.54. The van der Waals surface area contributed by atoms with Gasteiger partial charge in [-0.15, -0.1) is 0 Å². The maximum Gasteiger partial charge on any atom is 0.256 e. The summed E-state index contributed by atoms with van der Waals surface area (Å²) in [5, 5.41) is 13.4. The van der Waals surface area contributed by atoms with E-state index in [9.17, 15) is 9.90 Å². The monoisotopic (exact) mass is 347 g/mol. The van der Waals surface area contributed by atoms with Crippen molar-refractivity contribution in [3.8, 4) is 0 Å². The number of aromatic nitrogens is 1. The van der Waals surface area contributed by atoms with Crippen molar-refractivity contribution in [2.75, 3.05) is 23.4 Å². The number of fused-ring (bicyclic) bond motifs is 1. The number of hydrogen-bond donors (Lipinski definition) is 2. The van der Waals surface area contributed by atoms with Crippen molar-refractivity contribution in [3.05, 3.63) is 66.2 Å². The fraction of sp³-hybridized carbons (Fsp3) is 0.238. The molecule has 26 heavy (non-hydrogen) atoms. The molecule has 0 spiro atoms. The Morgan fingerprint density at radius 2 is 1.92 bits per heavy atom. The zero-order valence-electron chi connectivity index (χ0n) is 14.4. The van der Waals surface area contributed by atoms with E-state index in [1.807, 2.05) is 60.7 Å². The lowest BCUT2D eigenvalue weighted by atomic mass is 10.1. The second kappa shape index (κ2) is 7.14. The number of benzene rings is 2. The molecule has 0 aliphatic carbocycles. The van der Waals surface area contributed by atoms with E-state index in [1.165, 1.54) is 0 Å². The maximum absolute atomic E-state index is 12.9. The Labute approximate surface area is 152 Å². The summed E-state index contributed by atoms with van der Waals surface area (Å²) in [5.41, 5.74) is 2.14. The van der Waals surface area contributed by atoms with Crippen molar-refractivity contribution in [2.45, 2.75) is 18.9 Å². The highest BCUT2D eigenvalue weighted by molar-refractivity contribution is 6.13. The Bertz CT molecular complexity index is 927. The van der Waals surface area contributed by atoms with E-state index in [0.29, 0.717) is 5.56 Å². The van der Waals surface area contributed by atoms with Crippen LogP contribution in [-0.4, -0.2) is 35.2 Å². The van der Waals surface area contributed by atoms with Crippen LogP contribution in [0.1, 0.15) is 23.2 Å². The molecule has 2 heterocycles. The van der Waals surface area contributed by atoms with Crippen LogP contribution < -0.4 is 10.2 Å². The van der Waals surface area contributed by atoms with Gasteiger partial charge in [-0.05, 0) is 37.1 Å². The zero-order valence-corrected chi connectivity index (χ0v) is 14.4. The third kappa shape index (κ3) is 3.13. The third-order valence-electron chi connectivity index (χ3n) is 4.86. The maximum atomic E-state index is 12.9. The van der Waals surface area contributed by atoms with Crippen molar-refractivity contribution in [2.24, 2.45) is 0 Å². The van der Waals surface area contributed by atoms with Crippen LogP contribution >= 0.6 is 0 Å². The molecule has 5 nitrogen and oxygen atoms in total. The van der Waals surface area contributed by atoms with Crippen LogP contribution in [0.2, 0.25) is 0 Å². The molecule has 5 heteroatoms. The van der Waals surface area contributed by atoms with Gasteiger partial charge in [-0.1, -0.05) is 36.4 Å². The predicted octanol–water partition coefficient (Wildman–Crippen LogP) is 3.45. The lowest BCUT2D eigenvalue weighted by molar-refractivity contribution is 0.102. The first kappa shape index (κ1) is 16.5. The fourth-order valence-corrected chi connectivity index (χ4v) is 3.54. The molecule has 1 unspecified atom stereocenters. The first-order valence-corrected chi connectivity index (χ1v) is 8.90. The highest BCUT2D eigenvalue weighted by Gasteiger charge is 2.26. The van der Waals surface area contributed by atoms with Crippen molar-refractivity contribution in [1.82, 2.24) is 4.98 Å². The van der Waals surface area contributed by atoms with Crippen LogP contribution in [0.15, 0.2) is 60.7 Å². The number of rotatable bonds is 4. The molecular weight excluding hydrogens is 326 g/mol. The molecule has 1 fully saturated rings. The Balaban J connectivity index is 1.76. The first-order chi connectivity index (χ1) is 12.8. The van der Waals surface area contributed by atoms with E-state index in [2.05, 4.69) is 10.2 Å². The average Bonchev–Trinajstić information content (AvgIpc) is 3.16. The van der Waals surface area contributed by atoms with Gasteiger partial charge in [-0.2, -0.15) is 0 Å². The van der Waals surface area contributed by atoms with Crippen LogP contribution in [0.4, 0.5) is 11.5 Å². The minimum Gasteiger partial charge on any atom is -0.394 e. The van der Waals surface area contributed by atoms with Crippen LogP contribution in [0.5, 0.6) is 0 Å². The summed E-state index contributed by atoms with van der Waals surface area (Å²) in [7, 11) is 0. The zero-order chi connectivity index (χ0) is 17.9. The molecule has 1 saturated heterocycles. The number of pyridine rings is 1. The summed E-state index contributed by atoms with van der Waals surface area (Å²) < 4.78 is 0. The highest BCUT2D eigenvalue weighted by Crippen LogP contribution is 2.28. The van der Waals surface area contributed by atoms with Crippen LogP contribution in [0.25, 0.3) is 10.9 Å². The fourth-order valence-electron chi connectivity index (χ4n) is 3.54. The largest absolute Gasteiger partial charge is 0.394 e. The molecule has 1 atom stereocenters. The summed E-state index contributed by atoms with van der Waals surface area (Å²) in [6.07, 6.45) is 1.96. The van der Waals surface area contributed by atoms with Crippen LogP contribution in [0, 0.1) is 0 Å². The van der Waals surface area contributed by atoms with E-state index >= 15 is 0 Å². The summed E-state index contributed by atoms with van der Waals surface area (Å²) >= 11 is 0. The van der Waals surface area contributed by atoms with Crippen LogP contribution in [0.3, 0.4) is 0 Å². The Hall–Kier alpha value is -2.92. The molecule has 1 amide bonds. The molecule has 3 aromatic rings. The minimum absolute atomic E-state index is 0.0636. The van der Waals surface area contributed by atoms with Gasteiger partial charge in [0.05, 0.1) is 23.7 Å². The molecule has 1 aliphatic heterocycles. The number of carbonyl (C=O) groups is 1. The molecule has 2 aromatic carbocycles. The van der Waals surface area contributed by atoms with Gasteiger partial charge in [-0.25, -0.2) is 4.98 Å². The number of aliphatic hydroxyl groups excluding tert-OH is 1. The van der Waals surface area contributed by atoms with E-state index in [-0.39, 0.29) is 18.6 Å². The molecule has 0 saturated carbocycles. The second-order valence-electron chi connectivity index (χ2n) is 6.54. The molecule has 1 aliphatic rings. The molecule has 0 radical (unpaired) electrons. The van der Waals surface area contributed by atoms with Gasteiger partial charge in [0, 0.05) is 17.6 Å². The first-order valence-electron chi connectivity index (χ1n) is 8.90. The molecule has 0 bridgehead atoms.